The minimum absolute atomic E-state index is 0.143. The van der Waals surface area contributed by atoms with Crippen LogP contribution in [0.5, 0.6) is 0 Å². The van der Waals surface area contributed by atoms with Crippen molar-refractivity contribution in [3.05, 3.63) is 55.1 Å². The monoisotopic (exact) mass is 372 g/mol. The van der Waals surface area contributed by atoms with Crippen molar-refractivity contribution in [2.75, 3.05) is 11.1 Å². The largest absolute Gasteiger partial charge is 0.441 e. The topological polar surface area (TPSA) is 80.9 Å². The number of oxazole rings is 1. The minimum Gasteiger partial charge on any atom is -0.441 e. The number of hydrogen-bond acceptors (Lipinski definition) is 7. The first-order valence-electron chi connectivity index (χ1n) is 7.62. The molecule has 0 saturated carbocycles. The molecule has 3 rings (SSSR count). The van der Waals surface area contributed by atoms with Crippen molar-refractivity contribution >= 4 is 34.1 Å². The van der Waals surface area contributed by atoms with Gasteiger partial charge in [0.15, 0.2) is 16.0 Å². The number of rotatable bonds is 8. The van der Waals surface area contributed by atoms with Crippen molar-refractivity contribution in [1.82, 2.24) is 15.2 Å². The van der Waals surface area contributed by atoms with Crippen molar-refractivity contribution in [1.29, 1.82) is 0 Å². The molecule has 6 nitrogen and oxygen atoms in total. The number of nitrogens with zero attached hydrogens (tertiary/aromatic N) is 3. The van der Waals surface area contributed by atoms with Crippen molar-refractivity contribution in [2.24, 2.45) is 0 Å². The Labute approximate surface area is 153 Å². The number of thioether (sulfide) groups is 1. The first kappa shape index (κ1) is 17.4. The summed E-state index contributed by atoms with van der Waals surface area (Å²) in [6, 6.07) is 9.73. The average molecular weight is 372 g/mol. The third-order valence-corrected chi connectivity index (χ3v) is 5.12. The molecule has 2 aromatic heterocycles. The second-order valence-electron chi connectivity index (χ2n) is 5.01. The zero-order chi connectivity index (χ0) is 17.5. The molecule has 1 N–H and O–H groups in total. The zero-order valence-electron chi connectivity index (χ0n) is 13.3. The summed E-state index contributed by atoms with van der Waals surface area (Å²) in [7, 11) is 0. The zero-order valence-corrected chi connectivity index (χ0v) is 15.0. The lowest BCUT2D eigenvalue weighted by Crippen LogP contribution is -2.12. The van der Waals surface area contributed by atoms with Crippen LogP contribution in [-0.4, -0.2) is 26.8 Å². The van der Waals surface area contributed by atoms with Crippen LogP contribution in [0.25, 0.3) is 11.3 Å². The predicted molar refractivity (Wildman–Crippen MR) is 99.7 cm³/mol. The van der Waals surface area contributed by atoms with Crippen LogP contribution in [0.4, 0.5) is 5.13 Å². The highest BCUT2D eigenvalue weighted by molar-refractivity contribution is 8.01. The van der Waals surface area contributed by atoms with E-state index in [2.05, 4.69) is 27.1 Å². The molecule has 2 heterocycles. The van der Waals surface area contributed by atoms with Crippen LogP contribution in [0.2, 0.25) is 0 Å². The molecule has 128 valence electrons. The smallest absolute Gasteiger partial charge is 0.226 e. The maximum Gasteiger partial charge on any atom is 0.226 e. The van der Waals surface area contributed by atoms with E-state index in [1.165, 1.54) is 23.1 Å². The van der Waals surface area contributed by atoms with Crippen molar-refractivity contribution in [2.45, 2.75) is 17.2 Å². The van der Waals surface area contributed by atoms with E-state index in [0.717, 1.165) is 15.7 Å². The van der Waals surface area contributed by atoms with Gasteiger partial charge in [-0.05, 0) is 0 Å². The van der Waals surface area contributed by atoms with Gasteiger partial charge in [0.1, 0.15) is 0 Å². The molecule has 0 radical (unpaired) electrons. The lowest BCUT2D eigenvalue weighted by molar-refractivity contribution is -0.116. The maximum atomic E-state index is 12.0. The fourth-order valence-corrected chi connectivity index (χ4v) is 3.54. The summed E-state index contributed by atoms with van der Waals surface area (Å²) in [6.07, 6.45) is 4.17. The van der Waals surface area contributed by atoms with Gasteiger partial charge in [-0.2, -0.15) is 0 Å². The fourth-order valence-electron chi connectivity index (χ4n) is 2.01. The van der Waals surface area contributed by atoms with Crippen LogP contribution in [0.15, 0.2) is 57.9 Å². The number of aromatic nitrogens is 3. The van der Waals surface area contributed by atoms with Crippen LogP contribution < -0.4 is 5.32 Å². The molecule has 3 aromatic rings. The second-order valence-corrected chi connectivity index (χ2v) is 7.25. The molecule has 0 atom stereocenters. The van der Waals surface area contributed by atoms with E-state index in [1.54, 1.807) is 12.3 Å². The van der Waals surface area contributed by atoms with Gasteiger partial charge in [0.05, 0.1) is 6.20 Å². The quantitative estimate of drug-likeness (QED) is 0.365. The molecule has 1 aromatic carbocycles. The summed E-state index contributed by atoms with van der Waals surface area (Å²) in [5.41, 5.74) is 0.962. The molecule has 0 saturated heterocycles. The van der Waals surface area contributed by atoms with Gasteiger partial charge in [0, 0.05) is 24.2 Å². The molecule has 0 fully saturated rings. The number of nitrogens with one attached hydrogen (secondary N) is 1. The number of amides is 1. The van der Waals surface area contributed by atoms with Gasteiger partial charge in [-0.15, -0.1) is 16.8 Å². The van der Waals surface area contributed by atoms with Crippen LogP contribution in [0.1, 0.15) is 12.3 Å². The van der Waals surface area contributed by atoms with Crippen LogP contribution >= 0.6 is 23.1 Å². The fraction of sp³-hybridized carbons (Fsp3) is 0.176. The SMILES string of the molecule is C=CCSc1nnc(NC(=O)CCc2ncc(-c3ccccc3)o2)s1. The lowest BCUT2D eigenvalue weighted by atomic mass is 10.2. The molecular weight excluding hydrogens is 356 g/mol. The highest BCUT2D eigenvalue weighted by atomic mass is 32.2. The molecule has 0 bridgehead atoms. The van der Waals surface area contributed by atoms with Crippen LogP contribution in [0.3, 0.4) is 0 Å². The van der Waals surface area contributed by atoms with E-state index < -0.39 is 0 Å². The summed E-state index contributed by atoms with van der Waals surface area (Å²) < 4.78 is 6.49. The molecule has 0 aliphatic rings. The van der Waals surface area contributed by atoms with Gasteiger partial charge >= 0.3 is 0 Å². The highest BCUT2D eigenvalue weighted by Crippen LogP contribution is 2.25. The number of carbonyl (C=O) groups is 1. The number of benzene rings is 1. The molecule has 25 heavy (non-hydrogen) atoms. The molecule has 0 aliphatic heterocycles. The van der Waals surface area contributed by atoms with Gasteiger partial charge in [0.25, 0.3) is 0 Å². The van der Waals surface area contributed by atoms with E-state index in [0.29, 0.717) is 23.2 Å². The van der Waals surface area contributed by atoms with Crippen molar-refractivity contribution in [3.63, 3.8) is 0 Å². The van der Waals surface area contributed by atoms with Crippen LogP contribution in [0, 0.1) is 0 Å². The Bertz CT molecular complexity index is 845. The first-order valence-corrected chi connectivity index (χ1v) is 9.42. The maximum absolute atomic E-state index is 12.0. The third kappa shape index (κ3) is 5.01. The third-order valence-electron chi connectivity index (χ3n) is 3.16. The van der Waals surface area contributed by atoms with E-state index in [1.807, 2.05) is 30.3 Å². The summed E-state index contributed by atoms with van der Waals surface area (Å²) in [4.78, 5) is 16.2. The predicted octanol–water partition coefficient (Wildman–Crippen LogP) is 4.04. The Morgan fingerprint density at radius 1 is 1.32 bits per heavy atom. The Morgan fingerprint density at radius 3 is 2.96 bits per heavy atom. The Hall–Kier alpha value is -2.45. The number of carbonyl (C=O) groups excluding carboxylic acids is 1. The summed E-state index contributed by atoms with van der Waals surface area (Å²) >= 11 is 2.88. The highest BCUT2D eigenvalue weighted by Gasteiger charge is 2.11. The second kappa shape index (κ2) is 8.59. The molecule has 0 unspecified atom stereocenters. The lowest BCUT2D eigenvalue weighted by Gasteiger charge is -1.99. The van der Waals surface area contributed by atoms with Gasteiger partial charge in [-0.1, -0.05) is 59.5 Å². The average Bonchev–Trinajstić information content (AvgIpc) is 3.28. The number of aryl methyl sites for hydroxylation is 1. The molecule has 1 amide bonds. The van der Waals surface area contributed by atoms with Crippen LogP contribution in [-0.2, 0) is 11.2 Å². The van der Waals surface area contributed by atoms with Gasteiger partial charge in [0.2, 0.25) is 11.0 Å². The van der Waals surface area contributed by atoms with E-state index >= 15 is 0 Å². The minimum atomic E-state index is -0.143. The Kier molecular flexibility index (Phi) is 5.97. The summed E-state index contributed by atoms with van der Waals surface area (Å²) in [6.45, 7) is 3.66. The first-order chi connectivity index (χ1) is 12.2. The van der Waals surface area contributed by atoms with E-state index in [4.69, 9.17) is 4.42 Å². The Morgan fingerprint density at radius 2 is 2.16 bits per heavy atom. The standard InChI is InChI=1S/C17H16N4O2S2/c1-2-10-24-17-21-20-16(25-17)19-14(22)8-9-15-18-11-13(23-15)12-6-4-3-5-7-12/h2-7,11H,1,8-10H2,(H,19,20,22). The number of hydrogen-bond donors (Lipinski definition) is 1. The van der Waals surface area contributed by atoms with Crippen molar-refractivity contribution < 1.29 is 9.21 Å². The van der Waals surface area contributed by atoms with Crippen molar-refractivity contribution in [3.8, 4) is 11.3 Å². The summed E-state index contributed by atoms with van der Waals surface area (Å²) in [5.74, 6) is 1.85. The Balaban J connectivity index is 1.50. The van der Waals surface area contributed by atoms with E-state index in [-0.39, 0.29) is 12.3 Å². The molecule has 0 spiro atoms. The molecule has 8 heteroatoms. The number of anilines is 1. The summed E-state index contributed by atoms with van der Waals surface area (Å²) in [5, 5.41) is 11.2. The van der Waals surface area contributed by atoms with E-state index in [9.17, 15) is 4.79 Å². The molecule has 0 aliphatic carbocycles. The normalized spacial score (nSPS) is 10.6. The molecular formula is C17H16N4O2S2. The van der Waals surface area contributed by atoms with Gasteiger partial charge in [-0.25, -0.2) is 4.98 Å². The van der Waals surface area contributed by atoms with Gasteiger partial charge in [-0.3, -0.25) is 4.79 Å². The van der Waals surface area contributed by atoms with Gasteiger partial charge < -0.3 is 9.73 Å².